The van der Waals surface area contributed by atoms with Gasteiger partial charge in [0, 0.05) is 10.9 Å². The van der Waals surface area contributed by atoms with Crippen molar-refractivity contribution in [2.75, 3.05) is 4.90 Å². The Morgan fingerprint density at radius 3 is 2.49 bits per heavy atom. The fraction of sp³-hybridized carbons (Fsp3) is 0.172. The molecule has 1 aromatic heterocycles. The molecule has 35 heavy (non-hydrogen) atoms. The number of aryl methyl sites for hydroxylation is 1. The number of furan rings is 1. The molecule has 0 aliphatic carbocycles. The number of ether oxygens (including phenoxy) is 1. The molecular weight excluding hydrogens is 442 g/mol. The van der Waals surface area contributed by atoms with Gasteiger partial charge in [-0.1, -0.05) is 36.4 Å². The molecule has 1 amide bonds. The summed E-state index contributed by atoms with van der Waals surface area (Å²) >= 11 is 0. The van der Waals surface area contributed by atoms with E-state index in [4.69, 9.17) is 9.15 Å². The second-order valence-corrected chi connectivity index (χ2v) is 8.83. The lowest BCUT2D eigenvalue weighted by molar-refractivity contribution is -0.132. The third-order valence-electron chi connectivity index (χ3n) is 6.09. The van der Waals surface area contributed by atoms with Crippen molar-refractivity contribution < 1.29 is 23.8 Å². The first-order chi connectivity index (χ1) is 16.9. The molecule has 1 fully saturated rings. The van der Waals surface area contributed by atoms with E-state index in [1.807, 2.05) is 57.2 Å². The van der Waals surface area contributed by atoms with E-state index in [-0.39, 0.29) is 17.4 Å². The molecule has 176 valence electrons. The minimum Gasteiger partial charge on any atom is -0.507 e. The van der Waals surface area contributed by atoms with Gasteiger partial charge in [-0.2, -0.15) is 0 Å². The molecule has 1 atom stereocenters. The van der Waals surface area contributed by atoms with Crippen LogP contribution in [0.4, 0.5) is 5.69 Å². The topological polar surface area (TPSA) is 80.0 Å². The van der Waals surface area contributed by atoms with Crippen molar-refractivity contribution in [1.29, 1.82) is 0 Å². The molecule has 2 heterocycles. The SMILES string of the molecule is Cc1cc(/C(O)=C2/C(=O)C(=O)N(c3cccc4ccccc34)C2c2ccco2)ccc1OC(C)C. The van der Waals surface area contributed by atoms with Crippen molar-refractivity contribution >= 4 is 33.9 Å². The lowest BCUT2D eigenvalue weighted by Crippen LogP contribution is -2.29. The van der Waals surface area contributed by atoms with Crippen LogP contribution in [-0.2, 0) is 9.59 Å². The van der Waals surface area contributed by atoms with Crippen molar-refractivity contribution in [3.8, 4) is 5.75 Å². The van der Waals surface area contributed by atoms with E-state index in [1.54, 1.807) is 36.4 Å². The summed E-state index contributed by atoms with van der Waals surface area (Å²) in [6, 6.07) is 20.9. The zero-order valence-electron chi connectivity index (χ0n) is 19.7. The van der Waals surface area contributed by atoms with Crippen LogP contribution >= 0.6 is 0 Å². The zero-order chi connectivity index (χ0) is 24.7. The van der Waals surface area contributed by atoms with E-state index in [0.717, 1.165) is 16.3 Å². The Morgan fingerprint density at radius 2 is 1.77 bits per heavy atom. The van der Waals surface area contributed by atoms with Crippen LogP contribution in [0.15, 0.2) is 89.0 Å². The van der Waals surface area contributed by atoms with Crippen LogP contribution in [0.3, 0.4) is 0 Å². The molecule has 1 aliphatic heterocycles. The lowest BCUT2D eigenvalue weighted by Gasteiger charge is -2.24. The van der Waals surface area contributed by atoms with Gasteiger partial charge in [0.05, 0.1) is 23.6 Å². The summed E-state index contributed by atoms with van der Waals surface area (Å²) in [7, 11) is 0. The van der Waals surface area contributed by atoms with Gasteiger partial charge in [0.1, 0.15) is 23.3 Å². The Bertz CT molecular complexity index is 1460. The lowest BCUT2D eigenvalue weighted by atomic mass is 9.98. The highest BCUT2D eigenvalue weighted by Gasteiger charge is 2.48. The average Bonchev–Trinajstić information content (AvgIpc) is 3.46. The van der Waals surface area contributed by atoms with Gasteiger partial charge in [0.15, 0.2) is 0 Å². The standard InChI is InChI=1S/C29H25NO5/c1-17(2)35-23-14-13-20(16-18(23)3)27(31)25-26(24-12-7-15-34-24)30(29(33)28(25)32)22-11-6-9-19-8-4-5-10-21(19)22/h4-17,26,31H,1-3H3/b27-25-. The number of nitrogens with zero attached hydrogens (tertiary/aromatic N) is 1. The summed E-state index contributed by atoms with van der Waals surface area (Å²) in [4.78, 5) is 28.2. The molecule has 1 aliphatic rings. The normalized spacial score (nSPS) is 17.5. The predicted octanol–water partition coefficient (Wildman–Crippen LogP) is 6.15. The van der Waals surface area contributed by atoms with E-state index < -0.39 is 17.7 Å². The highest BCUT2D eigenvalue weighted by molar-refractivity contribution is 6.52. The Balaban J connectivity index is 1.69. The van der Waals surface area contributed by atoms with Gasteiger partial charge in [-0.05, 0) is 68.1 Å². The second kappa shape index (κ2) is 8.80. The Hall–Kier alpha value is -4.32. The van der Waals surface area contributed by atoms with Crippen molar-refractivity contribution in [3.05, 3.63) is 102 Å². The molecular formula is C29H25NO5. The predicted molar refractivity (Wildman–Crippen MR) is 134 cm³/mol. The summed E-state index contributed by atoms with van der Waals surface area (Å²) in [5, 5.41) is 13.1. The number of carbonyl (C=O) groups is 2. The molecule has 1 N–H and O–H groups in total. The van der Waals surface area contributed by atoms with E-state index >= 15 is 0 Å². The van der Waals surface area contributed by atoms with Crippen molar-refractivity contribution in [2.24, 2.45) is 0 Å². The van der Waals surface area contributed by atoms with Crippen LogP contribution in [0.1, 0.15) is 36.8 Å². The molecule has 5 rings (SSSR count). The molecule has 0 radical (unpaired) electrons. The first kappa shape index (κ1) is 22.5. The van der Waals surface area contributed by atoms with E-state index in [1.165, 1.54) is 11.2 Å². The molecule has 1 saturated heterocycles. The molecule has 0 saturated carbocycles. The number of hydrogen-bond acceptors (Lipinski definition) is 5. The number of aliphatic hydroxyl groups excluding tert-OH is 1. The van der Waals surface area contributed by atoms with Crippen LogP contribution in [0.25, 0.3) is 16.5 Å². The summed E-state index contributed by atoms with van der Waals surface area (Å²) in [5.41, 5.74) is 1.78. The molecule has 0 bridgehead atoms. The van der Waals surface area contributed by atoms with Crippen LogP contribution in [-0.4, -0.2) is 22.9 Å². The van der Waals surface area contributed by atoms with Crippen LogP contribution in [0.2, 0.25) is 0 Å². The quantitative estimate of drug-likeness (QED) is 0.216. The maximum atomic E-state index is 13.4. The van der Waals surface area contributed by atoms with Crippen LogP contribution < -0.4 is 9.64 Å². The highest BCUT2D eigenvalue weighted by atomic mass is 16.5. The number of fused-ring (bicyclic) bond motifs is 1. The number of carbonyl (C=O) groups excluding carboxylic acids is 2. The third-order valence-corrected chi connectivity index (χ3v) is 6.09. The number of hydrogen-bond donors (Lipinski definition) is 1. The summed E-state index contributed by atoms with van der Waals surface area (Å²) in [5.74, 6) is -0.671. The fourth-order valence-electron chi connectivity index (χ4n) is 4.55. The summed E-state index contributed by atoms with van der Waals surface area (Å²) in [6.07, 6.45) is 1.49. The third kappa shape index (κ3) is 3.87. The van der Waals surface area contributed by atoms with Crippen molar-refractivity contribution in [1.82, 2.24) is 0 Å². The monoisotopic (exact) mass is 467 g/mol. The van der Waals surface area contributed by atoms with E-state index in [9.17, 15) is 14.7 Å². The Morgan fingerprint density at radius 1 is 1.00 bits per heavy atom. The number of ketones is 1. The van der Waals surface area contributed by atoms with E-state index in [2.05, 4.69) is 0 Å². The maximum absolute atomic E-state index is 13.4. The number of benzene rings is 3. The van der Waals surface area contributed by atoms with Crippen molar-refractivity contribution in [3.63, 3.8) is 0 Å². The molecule has 6 heteroatoms. The van der Waals surface area contributed by atoms with Gasteiger partial charge < -0.3 is 14.3 Å². The van der Waals surface area contributed by atoms with Crippen LogP contribution in [0, 0.1) is 6.92 Å². The molecule has 0 spiro atoms. The maximum Gasteiger partial charge on any atom is 0.300 e. The van der Waals surface area contributed by atoms with Gasteiger partial charge in [-0.3, -0.25) is 14.5 Å². The van der Waals surface area contributed by atoms with Crippen LogP contribution in [0.5, 0.6) is 5.75 Å². The van der Waals surface area contributed by atoms with Gasteiger partial charge in [-0.25, -0.2) is 0 Å². The summed E-state index contributed by atoms with van der Waals surface area (Å²) in [6.45, 7) is 5.74. The van der Waals surface area contributed by atoms with Gasteiger partial charge in [0.2, 0.25) is 0 Å². The average molecular weight is 468 g/mol. The van der Waals surface area contributed by atoms with E-state index in [0.29, 0.717) is 22.8 Å². The molecule has 1 unspecified atom stereocenters. The molecule has 6 nitrogen and oxygen atoms in total. The highest BCUT2D eigenvalue weighted by Crippen LogP contribution is 2.44. The first-order valence-electron chi connectivity index (χ1n) is 11.5. The Labute approximate surface area is 203 Å². The molecule has 3 aromatic carbocycles. The smallest absolute Gasteiger partial charge is 0.300 e. The van der Waals surface area contributed by atoms with Crippen molar-refractivity contribution in [2.45, 2.75) is 32.9 Å². The molecule has 4 aromatic rings. The minimum atomic E-state index is -0.914. The second-order valence-electron chi connectivity index (χ2n) is 8.83. The first-order valence-corrected chi connectivity index (χ1v) is 11.5. The number of anilines is 1. The minimum absolute atomic E-state index is 0.00174. The number of Topliss-reactive ketones (excluding diaryl/α,β-unsaturated/α-hetero) is 1. The van der Waals surface area contributed by atoms with Gasteiger partial charge in [0.25, 0.3) is 11.7 Å². The fourth-order valence-corrected chi connectivity index (χ4v) is 4.55. The largest absolute Gasteiger partial charge is 0.507 e. The van der Waals surface area contributed by atoms with Gasteiger partial charge >= 0.3 is 0 Å². The van der Waals surface area contributed by atoms with Gasteiger partial charge in [-0.15, -0.1) is 0 Å². The number of rotatable bonds is 5. The summed E-state index contributed by atoms with van der Waals surface area (Å²) < 4.78 is 11.5. The zero-order valence-corrected chi connectivity index (χ0v) is 19.7. The number of aliphatic hydroxyl groups is 1. The number of amides is 1. The Kier molecular flexibility index (Phi) is 5.65.